The number of rotatable bonds is 2. The molecule has 1 aromatic rings. The molecule has 0 saturated heterocycles. The highest BCUT2D eigenvalue weighted by Crippen LogP contribution is 2.09. The van der Waals surface area contributed by atoms with Crippen molar-refractivity contribution in [1.29, 1.82) is 5.41 Å². The van der Waals surface area contributed by atoms with Gasteiger partial charge >= 0.3 is 0 Å². The van der Waals surface area contributed by atoms with Crippen LogP contribution in [0.3, 0.4) is 0 Å². The SMILES string of the molecule is Cc1nn(C(C)C)cc1C(=N)N. The molecule has 0 amide bonds. The van der Waals surface area contributed by atoms with Crippen LogP contribution in [0.1, 0.15) is 31.1 Å². The van der Waals surface area contributed by atoms with Crippen LogP contribution in [0.4, 0.5) is 0 Å². The predicted octanol–water partition coefficient (Wildman–Crippen LogP) is 1.06. The van der Waals surface area contributed by atoms with Gasteiger partial charge in [0, 0.05) is 12.2 Å². The van der Waals surface area contributed by atoms with Crippen molar-refractivity contribution in [3.63, 3.8) is 0 Å². The van der Waals surface area contributed by atoms with Gasteiger partial charge in [-0.1, -0.05) is 0 Å². The van der Waals surface area contributed by atoms with Crippen molar-refractivity contribution in [3.05, 3.63) is 17.5 Å². The Morgan fingerprint density at radius 1 is 1.67 bits per heavy atom. The summed E-state index contributed by atoms with van der Waals surface area (Å²) in [6.45, 7) is 5.93. The van der Waals surface area contributed by atoms with Crippen molar-refractivity contribution in [2.45, 2.75) is 26.8 Å². The second kappa shape index (κ2) is 2.97. The maximum atomic E-state index is 7.25. The van der Waals surface area contributed by atoms with E-state index in [1.807, 2.05) is 31.6 Å². The minimum atomic E-state index is 0.0828. The summed E-state index contributed by atoms with van der Waals surface area (Å²) in [5.41, 5.74) is 6.90. The van der Waals surface area contributed by atoms with E-state index in [-0.39, 0.29) is 5.84 Å². The fourth-order valence-corrected chi connectivity index (χ4v) is 1.01. The van der Waals surface area contributed by atoms with Crippen LogP contribution in [0, 0.1) is 12.3 Å². The number of amidine groups is 1. The first-order valence-corrected chi connectivity index (χ1v) is 3.92. The first-order valence-electron chi connectivity index (χ1n) is 3.92. The fraction of sp³-hybridized carbons (Fsp3) is 0.500. The Bertz CT molecular complexity index is 298. The van der Waals surface area contributed by atoms with Gasteiger partial charge in [-0.25, -0.2) is 0 Å². The van der Waals surface area contributed by atoms with E-state index in [2.05, 4.69) is 5.10 Å². The molecule has 0 atom stereocenters. The monoisotopic (exact) mass is 166 g/mol. The zero-order valence-electron chi connectivity index (χ0n) is 7.63. The molecule has 0 bridgehead atoms. The maximum Gasteiger partial charge on any atom is 0.126 e. The summed E-state index contributed by atoms with van der Waals surface area (Å²) < 4.78 is 1.81. The van der Waals surface area contributed by atoms with Gasteiger partial charge in [0.25, 0.3) is 0 Å². The van der Waals surface area contributed by atoms with Crippen LogP contribution in [0.2, 0.25) is 0 Å². The average molecular weight is 166 g/mol. The van der Waals surface area contributed by atoms with Crippen LogP contribution in [-0.4, -0.2) is 15.6 Å². The van der Waals surface area contributed by atoms with Gasteiger partial charge in [-0.15, -0.1) is 0 Å². The van der Waals surface area contributed by atoms with Gasteiger partial charge in [0.2, 0.25) is 0 Å². The molecule has 12 heavy (non-hydrogen) atoms. The van der Waals surface area contributed by atoms with Crippen molar-refractivity contribution >= 4 is 5.84 Å². The van der Waals surface area contributed by atoms with Gasteiger partial charge in [-0.05, 0) is 20.8 Å². The summed E-state index contributed by atoms with van der Waals surface area (Å²) in [6.07, 6.45) is 1.81. The Hall–Kier alpha value is -1.32. The lowest BCUT2D eigenvalue weighted by atomic mass is 10.2. The molecule has 0 fully saturated rings. The first-order chi connectivity index (χ1) is 5.52. The van der Waals surface area contributed by atoms with Crippen LogP contribution in [-0.2, 0) is 0 Å². The third kappa shape index (κ3) is 1.47. The predicted molar refractivity (Wildman–Crippen MR) is 48.4 cm³/mol. The van der Waals surface area contributed by atoms with E-state index in [0.717, 1.165) is 11.3 Å². The van der Waals surface area contributed by atoms with Gasteiger partial charge in [0.05, 0.1) is 11.3 Å². The number of hydrogen-bond donors (Lipinski definition) is 2. The summed E-state index contributed by atoms with van der Waals surface area (Å²) in [6, 6.07) is 0.316. The molecule has 0 aliphatic carbocycles. The molecule has 0 aliphatic heterocycles. The molecular formula is C8H14N4. The topological polar surface area (TPSA) is 67.7 Å². The summed E-state index contributed by atoms with van der Waals surface area (Å²) in [7, 11) is 0. The number of nitrogen functional groups attached to an aromatic ring is 1. The molecule has 1 rings (SSSR count). The number of nitrogens with zero attached hydrogens (tertiary/aromatic N) is 2. The number of aryl methyl sites for hydroxylation is 1. The normalized spacial score (nSPS) is 10.7. The third-order valence-corrected chi connectivity index (χ3v) is 1.74. The molecule has 0 radical (unpaired) electrons. The second-order valence-corrected chi connectivity index (χ2v) is 3.12. The summed E-state index contributed by atoms with van der Waals surface area (Å²) in [4.78, 5) is 0. The molecule has 1 aromatic heterocycles. The highest BCUT2D eigenvalue weighted by Gasteiger charge is 2.08. The minimum absolute atomic E-state index is 0.0828. The standard InChI is InChI=1S/C8H14N4/c1-5(2)12-4-7(8(9)10)6(3)11-12/h4-5H,1-3H3,(H3,9,10). The lowest BCUT2D eigenvalue weighted by Gasteiger charge is -2.02. The van der Waals surface area contributed by atoms with Crippen molar-refractivity contribution in [2.24, 2.45) is 5.73 Å². The molecule has 4 heteroatoms. The second-order valence-electron chi connectivity index (χ2n) is 3.12. The van der Waals surface area contributed by atoms with Crippen LogP contribution >= 0.6 is 0 Å². The number of hydrogen-bond acceptors (Lipinski definition) is 2. The van der Waals surface area contributed by atoms with Crippen LogP contribution in [0.25, 0.3) is 0 Å². The molecule has 1 heterocycles. The quantitative estimate of drug-likeness (QED) is 0.509. The number of aromatic nitrogens is 2. The molecule has 4 nitrogen and oxygen atoms in total. The summed E-state index contributed by atoms with van der Waals surface area (Å²) in [5, 5.41) is 11.5. The molecule has 3 N–H and O–H groups in total. The van der Waals surface area contributed by atoms with Gasteiger partial charge < -0.3 is 5.73 Å². The van der Waals surface area contributed by atoms with Gasteiger partial charge in [-0.3, -0.25) is 10.1 Å². The van der Waals surface area contributed by atoms with E-state index in [1.54, 1.807) is 0 Å². The summed E-state index contributed by atoms with van der Waals surface area (Å²) in [5.74, 6) is 0.0828. The smallest absolute Gasteiger partial charge is 0.126 e. The van der Waals surface area contributed by atoms with E-state index >= 15 is 0 Å². The van der Waals surface area contributed by atoms with Crippen molar-refractivity contribution in [2.75, 3.05) is 0 Å². The Balaban J connectivity index is 3.09. The summed E-state index contributed by atoms with van der Waals surface area (Å²) >= 11 is 0. The van der Waals surface area contributed by atoms with Gasteiger partial charge in [-0.2, -0.15) is 5.10 Å². The van der Waals surface area contributed by atoms with E-state index in [9.17, 15) is 0 Å². The minimum Gasteiger partial charge on any atom is -0.384 e. The van der Waals surface area contributed by atoms with E-state index < -0.39 is 0 Å². The van der Waals surface area contributed by atoms with Gasteiger partial charge in [0.15, 0.2) is 0 Å². The fourth-order valence-electron chi connectivity index (χ4n) is 1.01. The molecule has 0 spiro atoms. The van der Waals surface area contributed by atoms with Crippen LogP contribution in [0.15, 0.2) is 6.20 Å². The van der Waals surface area contributed by atoms with Crippen molar-refractivity contribution < 1.29 is 0 Å². The molecule has 0 saturated carbocycles. The van der Waals surface area contributed by atoms with Crippen molar-refractivity contribution in [1.82, 2.24) is 9.78 Å². The molecule has 0 unspecified atom stereocenters. The Morgan fingerprint density at radius 3 is 2.50 bits per heavy atom. The number of nitrogens with one attached hydrogen (secondary N) is 1. The Labute approximate surface area is 71.9 Å². The van der Waals surface area contributed by atoms with Gasteiger partial charge in [0.1, 0.15) is 5.84 Å². The number of nitrogens with two attached hydrogens (primary N) is 1. The highest BCUT2D eigenvalue weighted by molar-refractivity contribution is 5.95. The van der Waals surface area contributed by atoms with Crippen LogP contribution in [0.5, 0.6) is 0 Å². The first kappa shape index (κ1) is 8.77. The zero-order valence-corrected chi connectivity index (χ0v) is 7.63. The van der Waals surface area contributed by atoms with Crippen LogP contribution < -0.4 is 5.73 Å². The van der Waals surface area contributed by atoms with E-state index in [0.29, 0.717) is 6.04 Å². The Morgan fingerprint density at radius 2 is 2.25 bits per heavy atom. The molecule has 0 aliphatic rings. The average Bonchev–Trinajstić information content (AvgIpc) is 2.30. The van der Waals surface area contributed by atoms with E-state index in [4.69, 9.17) is 11.1 Å². The molecule has 66 valence electrons. The lowest BCUT2D eigenvalue weighted by molar-refractivity contribution is 0.529. The zero-order chi connectivity index (χ0) is 9.30. The largest absolute Gasteiger partial charge is 0.384 e. The molecule has 0 aromatic carbocycles. The lowest BCUT2D eigenvalue weighted by Crippen LogP contribution is -2.11. The van der Waals surface area contributed by atoms with E-state index in [1.165, 1.54) is 0 Å². The maximum absolute atomic E-state index is 7.25. The third-order valence-electron chi connectivity index (χ3n) is 1.74. The van der Waals surface area contributed by atoms with Crippen molar-refractivity contribution in [3.8, 4) is 0 Å². The Kier molecular flexibility index (Phi) is 2.17. The molecular weight excluding hydrogens is 152 g/mol. The highest BCUT2D eigenvalue weighted by atomic mass is 15.3.